The van der Waals surface area contributed by atoms with E-state index in [9.17, 15) is 0 Å². The molecule has 0 aliphatic heterocycles. The number of anilines is 1. The van der Waals surface area contributed by atoms with E-state index < -0.39 is 0 Å². The summed E-state index contributed by atoms with van der Waals surface area (Å²) in [5.74, 6) is 1.49. The van der Waals surface area contributed by atoms with Crippen LogP contribution in [0.3, 0.4) is 0 Å². The van der Waals surface area contributed by atoms with E-state index in [1.807, 2.05) is 38.2 Å². The van der Waals surface area contributed by atoms with Crippen LogP contribution in [-0.2, 0) is 0 Å². The van der Waals surface area contributed by atoms with Crippen molar-refractivity contribution in [3.63, 3.8) is 0 Å². The molecule has 1 aromatic carbocycles. The van der Waals surface area contributed by atoms with Crippen LogP contribution in [0.4, 0.5) is 5.69 Å². The number of rotatable bonds is 3. The van der Waals surface area contributed by atoms with Crippen molar-refractivity contribution in [2.24, 2.45) is 0 Å². The average Bonchev–Trinajstić information content (AvgIpc) is 2.33. The number of benzene rings is 1. The molecule has 0 spiro atoms. The summed E-state index contributed by atoms with van der Waals surface area (Å²) < 4.78 is 6.69. The van der Waals surface area contributed by atoms with Crippen LogP contribution in [0.15, 0.2) is 41.1 Å². The molecule has 0 aliphatic carbocycles. The molecule has 0 fully saturated rings. The van der Waals surface area contributed by atoms with Crippen molar-refractivity contribution >= 4 is 21.6 Å². The predicted molar refractivity (Wildman–Crippen MR) is 72.7 cm³/mol. The highest BCUT2D eigenvalue weighted by Gasteiger charge is 2.03. The Bertz CT molecular complexity index is 529. The van der Waals surface area contributed by atoms with Gasteiger partial charge in [0, 0.05) is 13.1 Å². The maximum atomic E-state index is 5.76. The van der Waals surface area contributed by atoms with Crippen molar-refractivity contribution in [1.82, 2.24) is 4.98 Å². The van der Waals surface area contributed by atoms with Gasteiger partial charge >= 0.3 is 0 Å². The molecule has 1 heterocycles. The zero-order valence-corrected chi connectivity index (χ0v) is 11.3. The highest BCUT2D eigenvalue weighted by atomic mass is 79.9. The van der Waals surface area contributed by atoms with Crippen molar-refractivity contribution in [1.29, 1.82) is 0 Å². The summed E-state index contributed by atoms with van der Waals surface area (Å²) in [4.78, 5) is 4.10. The van der Waals surface area contributed by atoms with E-state index in [2.05, 4.69) is 26.2 Å². The summed E-state index contributed by atoms with van der Waals surface area (Å²) in [6.45, 7) is 2.04. The minimum Gasteiger partial charge on any atom is -0.454 e. The van der Waals surface area contributed by atoms with Crippen LogP contribution >= 0.6 is 15.9 Å². The maximum Gasteiger partial charge on any atom is 0.147 e. The third-order valence-corrected chi connectivity index (χ3v) is 2.94. The lowest BCUT2D eigenvalue weighted by Crippen LogP contribution is -1.91. The van der Waals surface area contributed by atoms with Crippen molar-refractivity contribution in [3.8, 4) is 11.5 Å². The first-order valence-corrected chi connectivity index (χ1v) is 6.05. The van der Waals surface area contributed by atoms with E-state index in [4.69, 9.17) is 4.74 Å². The van der Waals surface area contributed by atoms with Crippen molar-refractivity contribution < 1.29 is 4.74 Å². The second-order valence-corrected chi connectivity index (χ2v) is 4.55. The van der Waals surface area contributed by atoms with Crippen LogP contribution in [0.2, 0.25) is 0 Å². The number of hydrogen-bond acceptors (Lipinski definition) is 3. The molecule has 1 N–H and O–H groups in total. The first kappa shape index (κ1) is 11.9. The molecule has 0 bridgehead atoms. The van der Waals surface area contributed by atoms with E-state index in [1.54, 1.807) is 12.4 Å². The maximum absolute atomic E-state index is 5.76. The van der Waals surface area contributed by atoms with E-state index in [0.717, 1.165) is 15.9 Å². The van der Waals surface area contributed by atoms with Gasteiger partial charge in [-0.15, -0.1) is 0 Å². The Labute approximate surface area is 109 Å². The Morgan fingerprint density at radius 1 is 1.24 bits per heavy atom. The molecular weight excluding hydrogens is 280 g/mol. The molecule has 2 rings (SSSR count). The highest BCUT2D eigenvalue weighted by molar-refractivity contribution is 9.10. The van der Waals surface area contributed by atoms with Crippen LogP contribution in [-0.4, -0.2) is 12.0 Å². The smallest absolute Gasteiger partial charge is 0.147 e. The molecule has 3 nitrogen and oxygen atoms in total. The molecule has 17 heavy (non-hydrogen) atoms. The highest BCUT2D eigenvalue weighted by Crippen LogP contribution is 2.30. The van der Waals surface area contributed by atoms with Crippen LogP contribution in [0.25, 0.3) is 0 Å². The van der Waals surface area contributed by atoms with Gasteiger partial charge in [0.25, 0.3) is 0 Å². The number of nitrogens with one attached hydrogen (secondary N) is 1. The molecule has 0 saturated heterocycles. The molecule has 0 saturated carbocycles. The Kier molecular flexibility index (Phi) is 3.64. The number of hydrogen-bond donors (Lipinski definition) is 1. The van der Waals surface area contributed by atoms with Gasteiger partial charge in [0.15, 0.2) is 0 Å². The van der Waals surface area contributed by atoms with Gasteiger partial charge in [-0.2, -0.15) is 0 Å². The zero-order valence-electron chi connectivity index (χ0n) is 9.70. The molecule has 1 aromatic heterocycles. The van der Waals surface area contributed by atoms with Gasteiger partial charge in [0.1, 0.15) is 11.5 Å². The molecule has 0 radical (unpaired) electrons. The summed E-state index contributed by atoms with van der Waals surface area (Å²) in [7, 11) is 1.85. The van der Waals surface area contributed by atoms with Gasteiger partial charge in [0.2, 0.25) is 0 Å². The van der Waals surface area contributed by atoms with Crippen LogP contribution in [0.5, 0.6) is 11.5 Å². The van der Waals surface area contributed by atoms with E-state index >= 15 is 0 Å². The van der Waals surface area contributed by atoms with Crippen LogP contribution < -0.4 is 10.1 Å². The fourth-order valence-corrected chi connectivity index (χ4v) is 2.00. The molecule has 88 valence electrons. The summed E-state index contributed by atoms with van der Waals surface area (Å²) in [5.41, 5.74) is 2.11. The Morgan fingerprint density at radius 3 is 2.76 bits per heavy atom. The third kappa shape index (κ3) is 2.97. The SMILES string of the molecule is CNc1cncc(Oc2ccc(C)cc2Br)c1. The van der Waals surface area contributed by atoms with Crippen LogP contribution in [0.1, 0.15) is 5.56 Å². The first-order chi connectivity index (χ1) is 8.19. The largest absolute Gasteiger partial charge is 0.454 e. The Balaban J connectivity index is 2.25. The number of aryl methyl sites for hydroxylation is 1. The quantitative estimate of drug-likeness (QED) is 0.929. The molecule has 0 aliphatic rings. The lowest BCUT2D eigenvalue weighted by molar-refractivity contribution is 0.477. The Morgan fingerprint density at radius 2 is 2.06 bits per heavy atom. The first-order valence-electron chi connectivity index (χ1n) is 5.26. The number of ether oxygens (including phenoxy) is 1. The van der Waals surface area contributed by atoms with Gasteiger partial charge in [-0.25, -0.2) is 0 Å². The molecular formula is C13H13BrN2O. The zero-order chi connectivity index (χ0) is 12.3. The summed E-state index contributed by atoms with van der Waals surface area (Å²) in [6, 6.07) is 7.87. The Hall–Kier alpha value is -1.55. The van der Waals surface area contributed by atoms with E-state index in [-0.39, 0.29) is 0 Å². The van der Waals surface area contributed by atoms with Crippen molar-refractivity contribution in [2.75, 3.05) is 12.4 Å². The van der Waals surface area contributed by atoms with Gasteiger partial charge in [-0.1, -0.05) is 6.07 Å². The average molecular weight is 293 g/mol. The fraction of sp³-hybridized carbons (Fsp3) is 0.154. The standard InChI is InChI=1S/C13H13BrN2O/c1-9-3-4-13(12(14)5-9)17-11-6-10(15-2)7-16-8-11/h3-8,15H,1-2H3. The number of pyridine rings is 1. The minimum absolute atomic E-state index is 0.710. The number of aromatic nitrogens is 1. The topological polar surface area (TPSA) is 34.2 Å². The van der Waals surface area contributed by atoms with Crippen molar-refractivity contribution in [3.05, 3.63) is 46.7 Å². The minimum atomic E-state index is 0.710. The van der Waals surface area contributed by atoms with E-state index in [0.29, 0.717) is 5.75 Å². The second-order valence-electron chi connectivity index (χ2n) is 3.70. The van der Waals surface area contributed by atoms with Gasteiger partial charge in [-0.3, -0.25) is 4.98 Å². The lowest BCUT2D eigenvalue weighted by atomic mass is 10.2. The summed E-state index contributed by atoms with van der Waals surface area (Å²) >= 11 is 3.48. The molecule has 2 aromatic rings. The second kappa shape index (κ2) is 5.19. The summed E-state index contributed by atoms with van der Waals surface area (Å²) in [5, 5.41) is 3.02. The monoisotopic (exact) mass is 292 g/mol. The number of halogens is 1. The third-order valence-electron chi connectivity index (χ3n) is 2.32. The van der Waals surface area contributed by atoms with Gasteiger partial charge in [-0.05, 0) is 40.5 Å². The van der Waals surface area contributed by atoms with E-state index in [1.165, 1.54) is 5.56 Å². The van der Waals surface area contributed by atoms with Crippen LogP contribution in [0, 0.1) is 6.92 Å². The van der Waals surface area contributed by atoms with Crippen molar-refractivity contribution in [2.45, 2.75) is 6.92 Å². The molecule has 0 atom stereocenters. The molecule has 0 amide bonds. The number of nitrogens with zero attached hydrogens (tertiary/aromatic N) is 1. The fourth-order valence-electron chi connectivity index (χ4n) is 1.43. The van der Waals surface area contributed by atoms with Gasteiger partial charge in [0.05, 0.1) is 22.6 Å². The van der Waals surface area contributed by atoms with Gasteiger partial charge < -0.3 is 10.1 Å². The predicted octanol–water partition coefficient (Wildman–Crippen LogP) is 3.99. The molecule has 0 unspecified atom stereocenters. The normalized spacial score (nSPS) is 10.1. The lowest BCUT2D eigenvalue weighted by Gasteiger charge is -2.09. The summed E-state index contributed by atoms with van der Waals surface area (Å²) in [6.07, 6.45) is 3.43. The molecule has 4 heteroatoms.